The molecule has 5 aromatic rings. The molecule has 0 saturated heterocycles. The number of halogens is 2. The Hall–Kier alpha value is -4.28. The topological polar surface area (TPSA) is 121 Å². The molecule has 0 saturated carbocycles. The van der Waals surface area contributed by atoms with E-state index in [0.29, 0.717) is 27.7 Å². The molecule has 2 aromatic carbocycles. The first-order chi connectivity index (χ1) is 19.3. The van der Waals surface area contributed by atoms with Crippen LogP contribution in [0.25, 0.3) is 16.9 Å². The average molecular weight is 578 g/mol. The first-order valence-corrected chi connectivity index (χ1v) is 13.3. The third-order valence-corrected chi connectivity index (χ3v) is 6.71. The van der Waals surface area contributed by atoms with E-state index in [1.807, 2.05) is 50.2 Å². The van der Waals surface area contributed by atoms with Gasteiger partial charge in [0.2, 0.25) is 5.91 Å². The molecular formula is C28H25Cl2N7O3. The molecule has 3 heterocycles. The molecule has 1 atom stereocenters. The monoisotopic (exact) mass is 577 g/mol. The van der Waals surface area contributed by atoms with E-state index in [0.717, 1.165) is 11.3 Å². The molecule has 0 radical (unpaired) electrons. The minimum atomic E-state index is -0.864. The highest BCUT2D eigenvalue weighted by molar-refractivity contribution is 6.31. The predicted molar refractivity (Wildman–Crippen MR) is 150 cm³/mol. The van der Waals surface area contributed by atoms with Crippen LogP contribution in [0.5, 0.6) is 0 Å². The number of amides is 1. The van der Waals surface area contributed by atoms with Gasteiger partial charge >= 0.3 is 0 Å². The van der Waals surface area contributed by atoms with E-state index in [4.69, 9.17) is 27.7 Å². The molecule has 0 spiro atoms. The Bertz CT molecular complexity index is 1700. The molecule has 3 aromatic heterocycles. The number of carbonyl (C=O) groups excluding carboxylic acids is 1. The number of nitrogens with one attached hydrogen (secondary N) is 1. The number of nitrogens with zero attached hydrogens (tertiary/aromatic N) is 6. The Labute approximate surface area is 239 Å². The maximum atomic E-state index is 13.5. The molecule has 10 nitrogen and oxygen atoms in total. The lowest BCUT2D eigenvalue weighted by Gasteiger charge is -2.19. The maximum absolute atomic E-state index is 13.5. The lowest BCUT2D eigenvalue weighted by Crippen LogP contribution is -2.38. The molecule has 0 fully saturated rings. The van der Waals surface area contributed by atoms with Crippen molar-refractivity contribution in [2.75, 3.05) is 0 Å². The summed E-state index contributed by atoms with van der Waals surface area (Å²) in [6, 6.07) is 16.9. The SMILES string of the molecule is CC(C)c1cc(CNC(=O)C(Cc2ccccc2)n2cnc(-c3cc(Cl)ccc3-n3cc(Cl)nn3)cc2=O)on1. The molecule has 12 heteroatoms. The van der Waals surface area contributed by atoms with Crippen molar-refractivity contribution in [2.24, 2.45) is 0 Å². The molecule has 204 valence electrons. The Balaban J connectivity index is 1.46. The molecule has 0 aliphatic carbocycles. The van der Waals surface area contributed by atoms with Gasteiger partial charge in [0.1, 0.15) is 6.04 Å². The summed E-state index contributed by atoms with van der Waals surface area (Å²) >= 11 is 12.2. The number of aromatic nitrogens is 6. The Kier molecular flexibility index (Phi) is 8.09. The van der Waals surface area contributed by atoms with Crippen molar-refractivity contribution in [1.82, 2.24) is 35.0 Å². The quantitative estimate of drug-likeness (QED) is 0.261. The van der Waals surface area contributed by atoms with Gasteiger partial charge in [0.25, 0.3) is 5.56 Å². The molecule has 1 N–H and O–H groups in total. The van der Waals surface area contributed by atoms with Crippen LogP contribution in [0.1, 0.15) is 42.8 Å². The lowest BCUT2D eigenvalue weighted by molar-refractivity contribution is -0.124. The second-order valence-corrected chi connectivity index (χ2v) is 10.3. The fraction of sp³-hybridized carbons (Fsp3) is 0.214. The van der Waals surface area contributed by atoms with Gasteiger partial charge < -0.3 is 9.84 Å². The normalized spacial score (nSPS) is 12.0. The lowest BCUT2D eigenvalue weighted by atomic mass is 10.0. The predicted octanol–water partition coefficient (Wildman–Crippen LogP) is 5.01. The largest absolute Gasteiger partial charge is 0.359 e. The second kappa shape index (κ2) is 11.8. The first kappa shape index (κ1) is 27.3. The molecule has 0 bridgehead atoms. The van der Waals surface area contributed by atoms with Crippen molar-refractivity contribution >= 4 is 29.1 Å². The molecule has 0 aliphatic heterocycles. The van der Waals surface area contributed by atoms with Crippen LogP contribution in [0.15, 0.2) is 82.5 Å². The van der Waals surface area contributed by atoms with E-state index < -0.39 is 11.6 Å². The van der Waals surface area contributed by atoms with Gasteiger partial charge in [0.05, 0.1) is 36.1 Å². The van der Waals surface area contributed by atoms with E-state index in [1.54, 1.807) is 18.2 Å². The highest BCUT2D eigenvalue weighted by Crippen LogP contribution is 2.28. The van der Waals surface area contributed by atoms with Gasteiger partial charge in [-0.1, -0.05) is 77.8 Å². The van der Waals surface area contributed by atoms with Crippen molar-refractivity contribution in [3.63, 3.8) is 0 Å². The molecular weight excluding hydrogens is 553 g/mol. The number of carbonyl (C=O) groups is 1. The van der Waals surface area contributed by atoms with Gasteiger partial charge in [0.15, 0.2) is 10.9 Å². The number of benzene rings is 2. The molecule has 1 unspecified atom stereocenters. The zero-order valence-electron chi connectivity index (χ0n) is 21.7. The third kappa shape index (κ3) is 6.13. The van der Waals surface area contributed by atoms with E-state index in [-0.39, 0.29) is 29.9 Å². The minimum Gasteiger partial charge on any atom is -0.359 e. The second-order valence-electron chi connectivity index (χ2n) is 9.46. The van der Waals surface area contributed by atoms with Crippen LogP contribution in [0.3, 0.4) is 0 Å². The van der Waals surface area contributed by atoms with Crippen molar-refractivity contribution < 1.29 is 9.32 Å². The van der Waals surface area contributed by atoms with Gasteiger partial charge in [-0.05, 0) is 29.7 Å². The van der Waals surface area contributed by atoms with Crippen LogP contribution in [0.2, 0.25) is 10.2 Å². The van der Waals surface area contributed by atoms with Crippen LogP contribution in [-0.4, -0.2) is 35.6 Å². The van der Waals surface area contributed by atoms with E-state index in [2.05, 4.69) is 25.8 Å². The maximum Gasteiger partial charge on any atom is 0.254 e. The first-order valence-electron chi connectivity index (χ1n) is 12.5. The van der Waals surface area contributed by atoms with E-state index in [1.165, 1.54) is 27.8 Å². The summed E-state index contributed by atoms with van der Waals surface area (Å²) in [5.41, 5.74) is 2.77. The number of hydrogen-bond acceptors (Lipinski definition) is 7. The van der Waals surface area contributed by atoms with Crippen LogP contribution in [-0.2, 0) is 17.8 Å². The Morgan fingerprint density at radius 1 is 1.07 bits per heavy atom. The summed E-state index contributed by atoms with van der Waals surface area (Å²) in [6.45, 7) is 4.15. The van der Waals surface area contributed by atoms with Crippen molar-refractivity contribution in [2.45, 2.75) is 38.8 Å². The van der Waals surface area contributed by atoms with Crippen LogP contribution in [0, 0.1) is 0 Å². The van der Waals surface area contributed by atoms with Crippen molar-refractivity contribution in [3.8, 4) is 16.9 Å². The summed E-state index contributed by atoms with van der Waals surface area (Å²) in [4.78, 5) is 31.4. The highest BCUT2D eigenvalue weighted by atomic mass is 35.5. The van der Waals surface area contributed by atoms with Crippen LogP contribution < -0.4 is 10.9 Å². The van der Waals surface area contributed by atoms with E-state index in [9.17, 15) is 9.59 Å². The highest BCUT2D eigenvalue weighted by Gasteiger charge is 2.24. The van der Waals surface area contributed by atoms with Gasteiger partial charge in [-0.3, -0.25) is 14.2 Å². The zero-order chi connectivity index (χ0) is 28.2. The fourth-order valence-electron chi connectivity index (χ4n) is 4.20. The van der Waals surface area contributed by atoms with Gasteiger partial charge in [-0.15, -0.1) is 5.10 Å². The molecule has 40 heavy (non-hydrogen) atoms. The summed E-state index contributed by atoms with van der Waals surface area (Å²) in [5, 5.41) is 15.4. The van der Waals surface area contributed by atoms with Crippen molar-refractivity contribution in [1.29, 1.82) is 0 Å². The van der Waals surface area contributed by atoms with Gasteiger partial charge in [0, 0.05) is 29.1 Å². The Morgan fingerprint density at radius 2 is 1.88 bits per heavy atom. The molecule has 5 rings (SSSR count). The number of hydrogen-bond donors (Lipinski definition) is 1. The molecule has 0 aliphatic rings. The molecule has 1 amide bonds. The van der Waals surface area contributed by atoms with Gasteiger partial charge in [-0.2, -0.15) is 0 Å². The van der Waals surface area contributed by atoms with E-state index >= 15 is 0 Å². The van der Waals surface area contributed by atoms with Gasteiger partial charge in [-0.25, -0.2) is 9.67 Å². The summed E-state index contributed by atoms with van der Waals surface area (Å²) in [6.07, 6.45) is 3.19. The Morgan fingerprint density at radius 3 is 2.55 bits per heavy atom. The smallest absolute Gasteiger partial charge is 0.254 e. The van der Waals surface area contributed by atoms with Crippen LogP contribution >= 0.6 is 23.2 Å². The van der Waals surface area contributed by atoms with Crippen molar-refractivity contribution in [3.05, 3.63) is 111 Å². The zero-order valence-corrected chi connectivity index (χ0v) is 23.2. The number of rotatable bonds is 9. The summed E-state index contributed by atoms with van der Waals surface area (Å²) < 4.78 is 8.15. The summed E-state index contributed by atoms with van der Waals surface area (Å²) in [5.74, 6) is 0.366. The summed E-state index contributed by atoms with van der Waals surface area (Å²) in [7, 11) is 0. The fourth-order valence-corrected chi connectivity index (χ4v) is 4.50. The average Bonchev–Trinajstić information content (AvgIpc) is 3.60. The third-order valence-electron chi connectivity index (χ3n) is 6.30. The standard InChI is InChI=1S/C28H25Cl2N7O3/c1-17(2)22-12-20(40-34-22)14-31-28(39)25(10-18-6-4-3-5-7-18)36-16-32-23(13-27(36)38)21-11-19(29)8-9-24(21)37-15-26(30)33-35-37/h3-9,11-13,15-17,25H,10,14H2,1-2H3,(H,31,39). The minimum absolute atomic E-state index is 0.135. The van der Waals surface area contributed by atoms with Crippen LogP contribution in [0.4, 0.5) is 0 Å².